The van der Waals surface area contributed by atoms with E-state index < -0.39 is 18.1 Å². The quantitative estimate of drug-likeness (QED) is 0.459. The predicted octanol–water partition coefficient (Wildman–Crippen LogP) is 4.17. The minimum atomic E-state index is -1.26. The first-order valence-electron chi connectivity index (χ1n) is 11.0. The number of carboxylic acid groups (broad SMARTS) is 1. The summed E-state index contributed by atoms with van der Waals surface area (Å²) >= 11 is 0. The number of allylic oxidation sites excluding steroid dienone is 4. The molecule has 0 saturated heterocycles. The number of furan rings is 1. The number of carbonyl (C=O) groups excluding carboxylic acids is 2. The van der Waals surface area contributed by atoms with Crippen LogP contribution in [-0.2, 0) is 20.9 Å². The molecule has 3 N–H and O–H groups in total. The van der Waals surface area contributed by atoms with E-state index in [9.17, 15) is 19.5 Å². The largest absolute Gasteiger partial charge is 0.480 e. The molecule has 2 unspecified atom stereocenters. The topological polar surface area (TPSA) is 118 Å². The molecule has 0 radical (unpaired) electrons. The van der Waals surface area contributed by atoms with Gasteiger partial charge in [0.2, 0.25) is 5.91 Å². The third-order valence-corrected chi connectivity index (χ3v) is 5.54. The van der Waals surface area contributed by atoms with Crippen molar-refractivity contribution in [1.82, 2.24) is 10.6 Å². The van der Waals surface area contributed by atoms with E-state index in [4.69, 9.17) is 9.15 Å². The second-order valence-electron chi connectivity index (χ2n) is 7.74. The third-order valence-electron chi connectivity index (χ3n) is 5.54. The Bertz CT molecular complexity index is 1100. The molecule has 3 rings (SSSR count). The summed E-state index contributed by atoms with van der Waals surface area (Å²) in [5.41, 5.74) is 4.02. The van der Waals surface area contributed by atoms with E-state index in [0.29, 0.717) is 5.76 Å². The van der Waals surface area contributed by atoms with Gasteiger partial charge in [-0.15, -0.1) is 0 Å². The summed E-state index contributed by atoms with van der Waals surface area (Å²) in [6.45, 7) is 6.07. The Morgan fingerprint density at radius 3 is 2.71 bits per heavy atom. The highest BCUT2D eigenvalue weighted by Crippen LogP contribution is 2.43. The van der Waals surface area contributed by atoms with Crippen molar-refractivity contribution in [2.45, 2.75) is 38.3 Å². The number of benzene rings is 1. The van der Waals surface area contributed by atoms with Gasteiger partial charge in [-0.3, -0.25) is 4.79 Å². The van der Waals surface area contributed by atoms with Gasteiger partial charge in [0.15, 0.2) is 0 Å². The molecule has 34 heavy (non-hydrogen) atoms. The molecule has 0 aliphatic heterocycles. The summed E-state index contributed by atoms with van der Waals surface area (Å²) in [5, 5.41) is 14.4. The minimum absolute atomic E-state index is 0.0290. The maximum Gasteiger partial charge on any atom is 0.407 e. The van der Waals surface area contributed by atoms with Crippen molar-refractivity contribution in [2.75, 3.05) is 6.61 Å². The zero-order valence-electron chi connectivity index (χ0n) is 19.0. The summed E-state index contributed by atoms with van der Waals surface area (Å²) in [4.78, 5) is 36.0. The highest BCUT2D eigenvalue weighted by atomic mass is 16.5. The van der Waals surface area contributed by atoms with E-state index >= 15 is 0 Å². The number of fused-ring (bicyclic) bond motifs is 1. The van der Waals surface area contributed by atoms with E-state index in [1.165, 1.54) is 6.26 Å². The average molecular weight is 465 g/mol. The highest BCUT2D eigenvalue weighted by molar-refractivity contribution is 5.86. The van der Waals surface area contributed by atoms with Gasteiger partial charge in [-0.1, -0.05) is 49.1 Å². The molecule has 0 bridgehead atoms. The van der Waals surface area contributed by atoms with E-state index in [2.05, 4.69) is 17.2 Å². The summed E-state index contributed by atoms with van der Waals surface area (Å²) < 4.78 is 10.5. The molecule has 2 amide bonds. The normalized spacial score (nSPS) is 15.6. The molecule has 178 valence electrons. The molecular weight excluding hydrogens is 436 g/mol. The van der Waals surface area contributed by atoms with Crippen LogP contribution in [0.4, 0.5) is 4.79 Å². The smallest absolute Gasteiger partial charge is 0.407 e. The number of amides is 2. The number of carbonyl (C=O) groups is 3. The monoisotopic (exact) mass is 464 g/mol. The molecule has 1 aromatic carbocycles. The van der Waals surface area contributed by atoms with Crippen molar-refractivity contribution in [3.63, 3.8) is 0 Å². The van der Waals surface area contributed by atoms with Crippen molar-refractivity contribution in [3.8, 4) is 0 Å². The van der Waals surface area contributed by atoms with Crippen LogP contribution in [0, 0.1) is 0 Å². The first-order valence-corrected chi connectivity index (χ1v) is 11.0. The second kappa shape index (κ2) is 11.7. The zero-order valence-corrected chi connectivity index (χ0v) is 19.0. The number of nitrogens with one attached hydrogen (secondary N) is 2. The molecule has 1 aliphatic rings. The number of alkyl carbamates (subject to hydrolysis) is 1. The first-order chi connectivity index (χ1) is 16.4. The number of hydrogen-bond donors (Lipinski definition) is 3. The molecular formula is C26H28N2O6. The lowest BCUT2D eigenvalue weighted by Gasteiger charge is -2.18. The van der Waals surface area contributed by atoms with Crippen LogP contribution in [0.1, 0.15) is 42.6 Å². The summed E-state index contributed by atoms with van der Waals surface area (Å²) in [6.07, 6.45) is 6.16. The number of rotatable bonds is 11. The summed E-state index contributed by atoms with van der Waals surface area (Å²) in [5.74, 6) is -1.22. The Hall–Kier alpha value is -4.07. The van der Waals surface area contributed by atoms with Gasteiger partial charge in [-0.05, 0) is 47.8 Å². The Kier molecular flexibility index (Phi) is 8.45. The molecule has 1 aromatic heterocycles. The SMILES string of the molecule is C=CC1=C(/C=C\C)c2ccccc2C1COC(=O)NC(CCC(=O)NCc1ccco1)C(=O)O. The van der Waals surface area contributed by atoms with Gasteiger partial charge in [0.1, 0.15) is 18.4 Å². The van der Waals surface area contributed by atoms with Gasteiger partial charge in [-0.2, -0.15) is 0 Å². The van der Waals surface area contributed by atoms with Crippen LogP contribution in [0.25, 0.3) is 5.57 Å². The van der Waals surface area contributed by atoms with Crippen LogP contribution in [0.5, 0.6) is 0 Å². The highest BCUT2D eigenvalue weighted by Gasteiger charge is 2.30. The molecule has 2 atom stereocenters. The number of aliphatic carboxylic acids is 1. The van der Waals surface area contributed by atoms with Gasteiger partial charge in [0.25, 0.3) is 0 Å². The fourth-order valence-corrected chi connectivity index (χ4v) is 3.90. The van der Waals surface area contributed by atoms with Crippen LogP contribution < -0.4 is 10.6 Å². The third kappa shape index (κ3) is 6.04. The Morgan fingerprint density at radius 2 is 2.03 bits per heavy atom. The van der Waals surface area contributed by atoms with Crippen molar-refractivity contribution in [3.05, 3.63) is 89.9 Å². The molecule has 8 heteroatoms. The van der Waals surface area contributed by atoms with Crippen molar-refractivity contribution < 1.29 is 28.6 Å². The van der Waals surface area contributed by atoms with Crippen LogP contribution in [-0.4, -0.2) is 35.7 Å². The van der Waals surface area contributed by atoms with Gasteiger partial charge < -0.3 is 24.9 Å². The van der Waals surface area contributed by atoms with Crippen LogP contribution in [0.15, 0.2) is 77.5 Å². The summed E-state index contributed by atoms with van der Waals surface area (Å²) in [7, 11) is 0. The number of carboxylic acids is 1. The van der Waals surface area contributed by atoms with Crippen LogP contribution in [0.3, 0.4) is 0 Å². The molecule has 0 saturated carbocycles. The molecule has 1 heterocycles. The molecule has 1 aliphatic carbocycles. The Labute approximate surface area is 198 Å². The van der Waals surface area contributed by atoms with Gasteiger partial charge in [0.05, 0.1) is 12.8 Å². The Balaban J connectivity index is 1.55. The lowest BCUT2D eigenvalue weighted by Crippen LogP contribution is -2.42. The predicted molar refractivity (Wildman–Crippen MR) is 127 cm³/mol. The van der Waals surface area contributed by atoms with Crippen molar-refractivity contribution in [2.24, 2.45) is 0 Å². The maximum absolute atomic E-state index is 12.4. The molecule has 0 spiro atoms. The lowest BCUT2D eigenvalue weighted by atomic mass is 9.97. The van der Waals surface area contributed by atoms with Gasteiger partial charge in [0, 0.05) is 12.3 Å². The molecule has 2 aromatic rings. The van der Waals surface area contributed by atoms with Crippen molar-refractivity contribution >= 4 is 23.5 Å². The van der Waals surface area contributed by atoms with E-state index in [1.807, 2.05) is 43.3 Å². The van der Waals surface area contributed by atoms with Gasteiger partial charge >= 0.3 is 12.1 Å². The average Bonchev–Trinajstić information content (AvgIpc) is 3.45. The maximum atomic E-state index is 12.4. The number of hydrogen-bond acceptors (Lipinski definition) is 5. The van der Waals surface area contributed by atoms with Crippen molar-refractivity contribution in [1.29, 1.82) is 0 Å². The van der Waals surface area contributed by atoms with Crippen LogP contribution in [0.2, 0.25) is 0 Å². The fraction of sp³-hybridized carbons (Fsp3) is 0.269. The minimum Gasteiger partial charge on any atom is -0.480 e. The Morgan fingerprint density at radius 1 is 1.24 bits per heavy atom. The zero-order chi connectivity index (χ0) is 24.5. The second-order valence-corrected chi connectivity index (χ2v) is 7.74. The molecule has 8 nitrogen and oxygen atoms in total. The van der Waals surface area contributed by atoms with E-state index in [1.54, 1.807) is 18.2 Å². The van der Waals surface area contributed by atoms with E-state index in [0.717, 1.165) is 22.3 Å². The van der Waals surface area contributed by atoms with Gasteiger partial charge in [-0.25, -0.2) is 9.59 Å². The van der Waals surface area contributed by atoms with E-state index in [-0.39, 0.29) is 37.8 Å². The standard InChI is InChI=1S/C26H28N2O6/c1-3-8-19-18(4-2)22(21-11-6-5-10-20(19)21)16-34-26(32)28-23(25(30)31)12-13-24(29)27-15-17-9-7-14-33-17/h3-11,14,22-23H,2,12-13,15-16H2,1H3,(H,27,29)(H,28,32)(H,30,31)/b8-3-. The van der Waals surface area contributed by atoms with Crippen LogP contribution >= 0.6 is 0 Å². The fourth-order valence-electron chi connectivity index (χ4n) is 3.90. The first kappa shape index (κ1) is 24.6. The summed E-state index contributed by atoms with van der Waals surface area (Å²) in [6, 6.07) is 10.0. The lowest BCUT2D eigenvalue weighted by molar-refractivity contribution is -0.139. The number of ether oxygens (including phenoxy) is 1. The molecule has 0 fully saturated rings.